The second kappa shape index (κ2) is 8.00. The van der Waals surface area contributed by atoms with Gasteiger partial charge in [0.1, 0.15) is 6.10 Å². The van der Waals surface area contributed by atoms with Crippen LogP contribution in [0.1, 0.15) is 18.4 Å². The summed E-state index contributed by atoms with van der Waals surface area (Å²) >= 11 is 0. The molecule has 1 aromatic carbocycles. The van der Waals surface area contributed by atoms with Crippen LogP contribution in [0.15, 0.2) is 18.2 Å². The summed E-state index contributed by atoms with van der Waals surface area (Å²) in [5.74, 6) is -1.68. The lowest BCUT2D eigenvalue weighted by Crippen LogP contribution is -2.52. The van der Waals surface area contributed by atoms with E-state index in [0.717, 1.165) is 44.1 Å². The highest BCUT2D eigenvalue weighted by molar-refractivity contribution is 5.81. The second-order valence-electron chi connectivity index (χ2n) is 6.37. The van der Waals surface area contributed by atoms with Gasteiger partial charge in [0.2, 0.25) is 0 Å². The van der Waals surface area contributed by atoms with Crippen molar-refractivity contribution in [2.75, 3.05) is 32.8 Å². The number of carbonyl (C=O) groups excluding carboxylic acids is 1. The van der Waals surface area contributed by atoms with E-state index in [4.69, 9.17) is 4.74 Å². The predicted molar refractivity (Wildman–Crippen MR) is 85.4 cm³/mol. The third-order valence-corrected chi connectivity index (χ3v) is 4.54. The molecule has 2 fully saturated rings. The van der Waals surface area contributed by atoms with Crippen molar-refractivity contribution in [3.63, 3.8) is 0 Å². The maximum Gasteiger partial charge on any atom is 0.250 e. The molecule has 7 heteroatoms. The van der Waals surface area contributed by atoms with Gasteiger partial charge in [0.25, 0.3) is 5.91 Å². The number of halogens is 2. The molecule has 0 saturated carbocycles. The average molecular weight is 339 g/mol. The molecule has 0 bridgehead atoms. The molecular weight excluding hydrogens is 316 g/mol. The molecule has 1 atom stereocenters. The quantitative estimate of drug-likeness (QED) is 0.861. The van der Waals surface area contributed by atoms with Crippen molar-refractivity contribution in [1.29, 1.82) is 0 Å². The smallest absolute Gasteiger partial charge is 0.250 e. The number of hydrogen-bond acceptors (Lipinski definition) is 4. The SMILES string of the molecule is O=C(NC1CCN(Cc2ccc(F)c(F)c2)CC1)C1CNCCO1. The van der Waals surface area contributed by atoms with Crippen LogP contribution >= 0.6 is 0 Å². The number of amides is 1. The topological polar surface area (TPSA) is 53.6 Å². The minimum absolute atomic E-state index is 0.0544. The molecule has 0 aromatic heterocycles. The zero-order valence-corrected chi connectivity index (χ0v) is 13.6. The highest BCUT2D eigenvalue weighted by atomic mass is 19.2. The zero-order chi connectivity index (χ0) is 16.9. The number of hydrogen-bond donors (Lipinski definition) is 2. The molecule has 2 heterocycles. The van der Waals surface area contributed by atoms with Gasteiger partial charge in [0, 0.05) is 38.8 Å². The summed E-state index contributed by atoms with van der Waals surface area (Å²) in [6.45, 7) is 4.12. The van der Waals surface area contributed by atoms with Crippen LogP contribution in [0.4, 0.5) is 8.78 Å². The van der Waals surface area contributed by atoms with Gasteiger partial charge in [0.15, 0.2) is 11.6 Å². The molecule has 1 amide bonds. The molecular formula is C17H23F2N3O2. The summed E-state index contributed by atoms with van der Waals surface area (Å²) in [5, 5.41) is 6.19. The summed E-state index contributed by atoms with van der Waals surface area (Å²) < 4.78 is 31.7. The number of nitrogens with one attached hydrogen (secondary N) is 2. The second-order valence-corrected chi connectivity index (χ2v) is 6.37. The van der Waals surface area contributed by atoms with E-state index in [-0.39, 0.29) is 11.9 Å². The minimum atomic E-state index is -0.820. The van der Waals surface area contributed by atoms with Crippen molar-refractivity contribution in [3.05, 3.63) is 35.4 Å². The molecule has 2 aliphatic rings. The van der Waals surface area contributed by atoms with Crippen LogP contribution in [0, 0.1) is 11.6 Å². The van der Waals surface area contributed by atoms with Crippen molar-refractivity contribution in [1.82, 2.24) is 15.5 Å². The Hall–Kier alpha value is -1.57. The molecule has 3 rings (SSSR count). The largest absolute Gasteiger partial charge is 0.366 e. The van der Waals surface area contributed by atoms with Gasteiger partial charge in [-0.25, -0.2) is 8.78 Å². The molecule has 1 unspecified atom stereocenters. The summed E-state index contributed by atoms with van der Waals surface area (Å²) in [6.07, 6.45) is 1.28. The highest BCUT2D eigenvalue weighted by Crippen LogP contribution is 2.16. The van der Waals surface area contributed by atoms with Gasteiger partial charge in [0.05, 0.1) is 6.61 Å². The normalized spacial score (nSPS) is 23.2. The molecule has 0 aliphatic carbocycles. The zero-order valence-electron chi connectivity index (χ0n) is 13.6. The molecule has 24 heavy (non-hydrogen) atoms. The van der Waals surface area contributed by atoms with Crippen molar-refractivity contribution in [3.8, 4) is 0 Å². The van der Waals surface area contributed by atoms with Crippen LogP contribution in [-0.2, 0) is 16.1 Å². The Morgan fingerprint density at radius 3 is 2.75 bits per heavy atom. The number of rotatable bonds is 4. The van der Waals surface area contributed by atoms with Crippen molar-refractivity contribution in [2.45, 2.75) is 31.5 Å². The van der Waals surface area contributed by atoms with Gasteiger partial charge in [-0.1, -0.05) is 6.07 Å². The fourth-order valence-electron chi connectivity index (χ4n) is 3.16. The molecule has 0 spiro atoms. The first-order chi connectivity index (χ1) is 11.6. The first-order valence-corrected chi connectivity index (χ1v) is 8.41. The summed E-state index contributed by atoms with van der Waals surface area (Å²) in [7, 11) is 0. The van der Waals surface area contributed by atoms with E-state index in [2.05, 4.69) is 15.5 Å². The number of likely N-dealkylation sites (tertiary alicyclic amines) is 1. The Bertz CT molecular complexity index is 571. The Morgan fingerprint density at radius 2 is 2.08 bits per heavy atom. The standard InChI is InChI=1S/C17H23F2N3O2/c18-14-2-1-12(9-15(14)19)11-22-6-3-13(4-7-22)21-17(23)16-10-20-5-8-24-16/h1-2,9,13,16,20H,3-8,10-11H2,(H,21,23). The van der Waals surface area contributed by atoms with Crippen molar-refractivity contribution < 1.29 is 18.3 Å². The monoisotopic (exact) mass is 339 g/mol. The molecule has 0 radical (unpaired) electrons. The van der Waals surface area contributed by atoms with Gasteiger partial charge < -0.3 is 15.4 Å². The average Bonchev–Trinajstić information content (AvgIpc) is 2.61. The van der Waals surface area contributed by atoms with Gasteiger partial charge in [-0.15, -0.1) is 0 Å². The van der Waals surface area contributed by atoms with E-state index in [1.54, 1.807) is 6.07 Å². The molecule has 1 aromatic rings. The first kappa shape index (κ1) is 17.3. The lowest BCUT2D eigenvalue weighted by atomic mass is 10.0. The number of nitrogens with zero attached hydrogens (tertiary/aromatic N) is 1. The molecule has 2 aliphatic heterocycles. The van der Waals surface area contributed by atoms with Gasteiger partial charge in [-0.2, -0.15) is 0 Å². The molecule has 132 valence electrons. The maximum atomic E-state index is 13.3. The van der Waals surface area contributed by atoms with Crippen LogP contribution in [0.3, 0.4) is 0 Å². The lowest BCUT2D eigenvalue weighted by Gasteiger charge is -2.33. The Kier molecular flexibility index (Phi) is 5.76. The van der Waals surface area contributed by atoms with E-state index in [0.29, 0.717) is 19.7 Å². The fourth-order valence-corrected chi connectivity index (χ4v) is 3.16. The Labute approximate surface area is 140 Å². The van der Waals surface area contributed by atoms with Crippen molar-refractivity contribution in [2.24, 2.45) is 0 Å². The highest BCUT2D eigenvalue weighted by Gasteiger charge is 2.26. The van der Waals surface area contributed by atoms with E-state index in [1.165, 1.54) is 6.07 Å². The molecule has 2 saturated heterocycles. The van der Waals surface area contributed by atoms with Crippen LogP contribution in [-0.4, -0.2) is 55.7 Å². The Balaban J connectivity index is 1.43. The first-order valence-electron chi connectivity index (χ1n) is 8.41. The third kappa shape index (κ3) is 4.49. The minimum Gasteiger partial charge on any atom is -0.366 e. The molecule has 2 N–H and O–H groups in total. The lowest BCUT2D eigenvalue weighted by molar-refractivity contribution is -0.135. The van der Waals surface area contributed by atoms with Gasteiger partial charge in [-0.05, 0) is 30.5 Å². The van der Waals surface area contributed by atoms with E-state index >= 15 is 0 Å². The van der Waals surface area contributed by atoms with Gasteiger partial charge in [-0.3, -0.25) is 9.69 Å². The van der Waals surface area contributed by atoms with Crippen LogP contribution in [0.5, 0.6) is 0 Å². The van der Waals surface area contributed by atoms with Crippen LogP contribution < -0.4 is 10.6 Å². The van der Waals surface area contributed by atoms with E-state index < -0.39 is 17.7 Å². The van der Waals surface area contributed by atoms with Crippen molar-refractivity contribution >= 4 is 5.91 Å². The number of morpholine rings is 1. The summed E-state index contributed by atoms with van der Waals surface area (Å²) in [4.78, 5) is 14.3. The Morgan fingerprint density at radius 1 is 1.29 bits per heavy atom. The van der Waals surface area contributed by atoms with Crippen LogP contribution in [0.2, 0.25) is 0 Å². The van der Waals surface area contributed by atoms with E-state index in [9.17, 15) is 13.6 Å². The number of carbonyl (C=O) groups is 1. The number of benzene rings is 1. The van der Waals surface area contributed by atoms with E-state index in [1.807, 2.05) is 0 Å². The summed E-state index contributed by atoms with van der Waals surface area (Å²) in [6, 6.07) is 4.16. The fraction of sp³-hybridized carbons (Fsp3) is 0.588. The predicted octanol–water partition coefficient (Wildman–Crippen LogP) is 1.03. The number of ether oxygens (including phenoxy) is 1. The third-order valence-electron chi connectivity index (χ3n) is 4.54. The molecule has 5 nitrogen and oxygen atoms in total. The number of piperidine rings is 1. The van der Waals surface area contributed by atoms with Crippen LogP contribution in [0.25, 0.3) is 0 Å². The maximum absolute atomic E-state index is 13.3. The van der Waals surface area contributed by atoms with Gasteiger partial charge >= 0.3 is 0 Å². The summed E-state index contributed by atoms with van der Waals surface area (Å²) in [5.41, 5.74) is 0.762.